The summed E-state index contributed by atoms with van der Waals surface area (Å²) in [6.45, 7) is 6.30. The fraction of sp³-hybridized carbons (Fsp3) is 0.308. The fourth-order valence-corrected chi connectivity index (χ4v) is 2.54. The Balaban J connectivity index is 2.59. The standard InChI is InChI=1S/C13H14ClIN2/c1-3-17(4-2)9-5-6-12-10(7-9)13(14)11(15)8-16-12/h5-8H,3-4H2,1-2H3. The highest BCUT2D eigenvalue weighted by Gasteiger charge is 2.08. The van der Waals surface area contributed by atoms with Gasteiger partial charge in [0.1, 0.15) is 0 Å². The van der Waals surface area contributed by atoms with E-state index in [-0.39, 0.29) is 0 Å². The SMILES string of the molecule is CCN(CC)c1ccc2ncc(I)c(Cl)c2c1. The molecule has 1 aromatic carbocycles. The van der Waals surface area contributed by atoms with Crippen molar-refractivity contribution >= 4 is 50.8 Å². The first-order valence-corrected chi connectivity index (χ1v) is 7.11. The molecule has 0 aliphatic carbocycles. The average Bonchev–Trinajstić information content (AvgIpc) is 2.36. The zero-order valence-corrected chi connectivity index (χ0v) is 12.8. The number of benzene rings is 1. The van der Waals surface area contributed by atoms with E-state index in [0.29, 0.717) is 0 Å². The zero-order chi connectivity index (χ0) is 12.4. The van der Waals surface area contributed by atoms with Gasteiger partial charge in [-0.2, -0.15) is 0 Å². The van der Waals surface area contributed by atoms with E-state index >= 15 is 0 Å². The summed E-state index contributed by atoms with van der Waals surface area (Å²) in [6, 6.07) is 6.26. The van der Waals surface area contributed by atoms with Crippen molar-refractivity contribution < 1.29 is 0 Å². The van der Waals surface area contributed by atoms with Gasteiger partial charge in [-0.15, -0.1) is 0 Å². The summed E-state index contributed by atoms with van der Waals surface area (Å²) >= 11 is 8.54. The van der Waals surface area contributed by atoms with Gasteiger partial charge >= 0.3 is 0 Å². The van der Waals surface area contributed by atoms with Crippen molar-refractivity contribution in [3.8, 4) is 0 Å². The van der Waals surface area contributed by atoms with Crippen molar-refractivity contribution in [2.75, 3.05) is 18.0 Å². The molecule has 4 heteroatoms. The van der Waals surface area contributed by atoms with E-state index in [4.69, 9.17) is 11.6 Å². The van der Waals surface area contributed by atoms with Crippen molar-refractivity contribution in [2.24, 2.45) is 0 Å². The molecule has 0 unspecified atom stereocenters. The van der Waals surface area contributed by atoms with Crippen LogP contribution in [0.4, 0.5) is 5.69 Å². The molecular formula is C13H14ClIN2. The Morgan fingerprint density at radius 2 is 2.00 bits per heavy atom. The Hall–Kier alpha value is -0.550. The summed E-state index contributed by atoms with van der Waals surface area (Å²) in [5.74, 6) is 0. The molecular weight excluding hydrogens is 347 g/mol. The summed E-state index contributed by atoms with van der Waals surface area (Å²) in [5.41, 5.74) is 2.15. The van der Waals surface area contributed by atoms with Crippen LogP contribution in [0.25, 0.3) is 10.9 Å². The van der Waals surface area contributed by atoms with Crippen molar-refractivity contribution in [1.29, 1.82) is 0 Å². The summed E-state index contributed by atoms with van der Waals surface area (Å²) in [6.07, 6.45) is 1.81. The highest BCUT2D eigenvalue weighted by molar-refractivity contribution is 14.1. The van der Waals surface area contributed by atoms with Crippen molar-refractivity contribution in [3.05, 3.63) is 33.0 Å². The van der Waals surface area contributed by atoms with Gasteiger partial charge in [-0.1, -0.05) is 11.6 Å². The number of hydrogen-bond donors (Lipinski definition) is 0. The molecule has 17 heavy (non-hydrogen) atoms. The Bertz CT molecular complexity index is 538. The van der Waals surface area contributed by atoms with Gasteiger partial charge in [-0.3, -0.25) is 4.98 Å². The third-order valence-electron chi connectivity index (χ3n) is 2.87. The van der Waals surface area contributed by atoms with Crippen LogP contribution in [0.3, 0.4) is 0 Å². The lowest BCUT2D eigenvalue weighted by atomic mass is 10.2. The Labute approximate surface area is 120 Å². The second-order valence-electron chi connectivity index (χ2n) is 3.79. The summed E-state index contributed by atoms with van der Waals surface area (Å²) in [7, 11) is 0. The lowest BCUT2D eigenvalue weighted by Gasteiger charge is -2.21. The van der Waals surface area contributed by atoms with Gasteiger partial charge in [-0.25, -0.2) is 0 Å². The molecule has 0 amide bonds. The van der Waals surface area contributed by atoms with Crippen molar-refractivity contribution in [1.82, 2.24) is 4.98 Å². The first-order chi connectivity index (χ1) is 8.17. The van der Waals surface area contributed by atoms with E-state index in [2.05, 4.69) is 58.5 Å². The second kappa shape index (κ2) is 5.40. The smallest absolute Gasteiger partial charge is 0.0719 e. The molecule has 0 N–H and O–H groups in total. The molecule has 0 aliphatic heterocycles. The average molecular weight is 361 g/mol. The molecule has 90 valence electrons. The van der Waals surface area contributed by atoms with E-state index in [1.54, 1.807) is 0 Å². The van der Waals surface area contributed by atoms with E-state index < -0.39 is 0 Å². The zero-order valence-electron chi connectivity index (χ0n) is 9.87. The lowest BCUT2D eigenvalue weighted by molar-refractivity contribution is 0.867. The number of aromatic nitrogens is 1. The maximum atomic E-state index is 6.32. The molecule has 0 aliphatic rings. The van der Waals surface area contributed by atoms with Crippen LogP contribution in [-0.4, -0.2) is 18.1 Å². The molecule has 0 saturated carbocycles. The van der Waals surface area contributed by atoms with Crippen LogP contribution in [-0.2, 0) is 0 Å². The molecule has 2 aromatic rings. The maximum Gasteiger partial charge on any atom is 0.0719 e. The number of pyridine rings is 1. The number of halogens is 2. The number of fused-ring (bicyclic) bond motifs is 1. The maximum absolute atomic E-state index is 6.32. The van der Waals surface area contributed by atoms with Gasteiger partial charge in [0.05, 0.1) is 14.1 Å². The Morgan fingerprint density at radius 3 is 2.65 bits per heavy atom. The molecule has 2 rings (SSSR count). The van der Waals surface area contributed by atoms with Crippen LogP contribution in [0, 0.1) is 3.57 Å². The van der Waals surface area contributed by atoms with Crippen LogP contribution in [0.1, 0.15) is 13.8 Å². The summed E-state index contributed by atoms with van der Waals surface area (Å²) in [5, 5.41) is 1.83. The van der Waals surface area contributed by atoms with Crippen LogP contribution >= 0.6 is 34.2 Å². The van der Waals surface area contributed by atoms with E-state index in [9.17, 15) is 0 Å². The monoisotopic (exact) mass is 360 g/mol. The minimum Gasteiger partial charge on any atom is -0.372 e. The quantitative estimate of drug-likeness (QED) is 0.757. The lowest BCUT2D eigenvalue weighted by Crippen LogP contribution is -2.21. The van der Waals surface area contributed by atoms with E-state index in [0.717, 1.165) is 32.6 Å². The molecule has 1 heterocycles. The number of anilines is 1. The topological polar surface area (TPSA) is 16.1 Å². The third-order valence-corrected chi connectivity index (χ3v) is 4.42. The Morgan fingerprint density at radius 1 is 1.29 bits per heavy atom. The largest absolute Gasteiger partial charge is 0.372 e. The fourth-order valence-electron chi connectivity index (χ4n) is 1.91. The minimum absolute atomic E-state index is 0.796. The molecule has 0 fully saturated rings. The summed E-state index contributed by atoms with van der Waals surface area (Å²) in [4.78, 5) is 6.68. The number of rotatable bonds is 3. The molecule has 0 saturated heterocycles. The van der Waals surface area contributed by atoms with Crippen LogP contribution in [0.15, 0.2) is 24.4 Å². The van der Waals surface area contributed by atoms with Gasteiger partial charge in [0, 0.05) is 30.4 Å². The van der Waals surface area contributed by atoms with Gasteiger partial charge in [-0.05, 0) is 54.6 Å². The molecule has 2 nitrogen and oxygen atoms in total. The number of hydrogen-bond acceptors (Lipinski definition) is 2. The predicted molar refractivity (Wildman–Crippen MR) is 83.0 cm³/mol. The van der Waals surface area contributed by atoms with Crippen molar-refractivity contribution in [2.45, 2.75) is 13.8 Å². The second-order valence-corrected chi connectivity index (χ2v) is 5.33. The first kappa shape index (κ1) is 12.9. The molecule has 0 bridgehead atoms. The highest BCUT2D eigenvalue weighted by atomic mass is 127. The molecule has 0 atom stereocenters. The highest BCUT2D eigenvalue weighted by Crippen LogP contribution is 2.29. The van der Waals surface area contributed by atoms with Gasteiger partial charge in [0.2, 0.25) is 0 Å². The predicted octanol–water partition coefficient (Wildman–Crippen LogP) is 4.34. The third kappa shape index (κ3) is 2.50. The minimum atomic E-state index is 0.796. The van der Waals surface area contributed by atoms with Gasteiger partial charge in [0.25, 0.3) is 0 Å². The normalized spacial score (nSPS) is 10.8. The first-order valence-electron chi connectivity index (χ1n) is 5.66. The van der Waals surface area contributed by atoms with Crippen molar-refractivity contribution in [3.63, 3.8) is 0 Å². The van der Waals surface area contributed by atoms with Crippen LogP contribution in [0.5, 0.6) is 0 Å². The molecule has 1 aromatic heterocycles. The molecule has 0 radical (unpaired) electrons. The number of nitrogens with zero attached hydrogens (tertiary/aromatic N) is 2. The van der Waals surface area contributed by atoms with Gasteiger partial charge in [0.15, 0.2) is 0 Å². The Kier molecular flexibility index (Phi) is 4.09. The van der Waals surface area contributed by atoms with E-state index in [1.807, 2.05) is 12.3 Å². The summed E-state index contributed by atoms with van der Waals surface area (Å²) < 4.78 is 0.994. The van der Waals surface area contributed by atoms with Gasteiger partial charge < -0.3 is 4.90 Å². The van der Waals surface area contributed by atoms with E-state index in [1.165, 1.54) is 5.69 Å². The molecule has 0 spiro atoms. The van der Waals surface area contributed by atoms with Crippen LogP contribution < -0.4 is 4.90 Å². The van der Waals surface area contributed by atoms with Crippen LogP contribution in [0.2, 0.25) is 5.02 Å².